The van der Waals surface area contributed by atoms with Crippen molar-refractivity contribution in [1.29, 1.82) is 0 Å². The Balaban J connectivity index is 1.44. The molecule has 0 aliphatic heterocycles. The number of pyridine rings is 1. The third kappa shape index (κ3) is 5.09. The van der Waals surface area contributed by atoms with E-state index in [4.69, 9.17) is 0 Å². The highest BCUT2D eigenvalue weighted by atomic mass is 16.2. The molecule has 0 aliphatic carbocycles. The Kier molecular flexibility index (Phi) is 6.49. The maximum absolute atomic E-state index is 12.7. The van der Waals surface area contributed by atoms with Gasteiger partial charge in [0.15, 0.2) is 0 Å². The molecule has 3 aromatic heterocycles. The van der Waals surface area contributed by atoms with Gasteiger partial charge in [-0.3, -0.25) is 19.4 Å². The predicted molar refractivity (Wildman–Crippen MR) is 123 cm³/mol. The largest absolute Gasteiger partial charge is 0.352 e. The Bertz CT molecular complexity index is 1370. The second kappa shape index (κ2) is 9.82. The van der Waals surface area contributed by atoms with Crippen LogP contribution in [0.25, 0.3) is 22.5 Å². The first-order valence-electron chi connectivity index (χ1n) is 10.4. The fourth-order valence-corrected chi connectivity index (χ4v) is 3.29. The Hall–Kier alpha value is -4.40. The smallest absolute Gasteiger partial charge is 0.267 e. The van der Waals surface area contributed by atoms with Crippen LogP contribution >= 0.6 is 0 Å². The van der Waals surface area contributed by atoms with Gasteiger partial charge in [-0.2, -0.15) is 10.2 Å². The number of benzene rings is 1. The molecular formula is C24H22N6O3. The van der Waals surface area contributed by atoms with Crippen LogP contribution in [0.1, 0.15) is 13.0 Å². The van der Waals surface area contributed by atoms with Crippen LogP contribution in [0.15, 0.2) is 88.7 Å². The molecule has 33 heavy (non-hydrogen) atoms. The number of carbonyl (C=O) groups is 1. The minimum absolute atomic E-state index is 0.172. The minimum Gasteiger partial charge on any atom is -0.352 e. The van der Waals surface area contributed by atoms with E-state index in [2.05, 4.69) is 20.5 Å². The lowest BCUT2D eigenvalue weighted by molar-refractivity contribution is -0.124. The Morgan fingerprint density at radius 3 is 2.30 bits per heavy atom. The zero-order chi connectivity index (χ0) is 23.2. The predicted octanol–water partition coefficient (Wildman–Crippen LogP) is 1.91. The first-order chi connectivity index (χ1) is 16.0. The van der Waals surface area contributed by atoms with Crippen LogP contribution in [0.4, 0.5) is 0 Å². The summed E-state index contributed by atoms with van der Waals surface area (Å²) in [5, 5.41) is 11.5. The number of carbonyl (C=O) groups excluding carboxylic acids is 1. The van der Waals surface area contributed by atoms with E-state index < -0.39 is 11.6 Å². The number of hydrogen-bond acceptors (Lipinski definition) is 6. The highest BCUT2D eigenvalue weighted by Crippen LogP contribution is 2.15. The lowest BCUT2D eigenvalue weighted by atomic mass is 10.1. The molecule has 0 radical (unpaired) electrons. The van der Waals surface area contributed by atoms with Gasteiger partial charge in [0, 0.05) is 42.2 Å². The van der Waals surface area contributed by atoms with E-state index in [0.717, 1.165) is 15.8 Å². The van der Waals surface area contributed by atoms with Crippen molar-refractivity contribution in [2.24, 2.45) is 0 Å². The van der Waals surface area contributed by atoms with Gasteiger partial charge in [0.1, 0.15) is 6.04 Å². The van der Waals surface area contributed by atoms with Gasteiger partial charge >= 0.3 is 0 Å². The fourth-order valence-electron chi connectivity index (χ4n) is 3.29. The van der Waals surface area contributed by atoms with Crippen molar-refractivity contribution in [3.05, 3.63) is 99.8 Å². The van der Waals surface area contributed by atoms with E-state index in [0.29, 0.717) is 11.4 Å². The molecule has 9 heteroatoms. The number of hydrogen-bond donors (Lipinski definition) is 1. The van der Waals surface area contributed by atoms with Gasteiger partial charge in [0.25, 0.3) is 11.1 Å². The second-order valence-corrected chi connectivity index (χ2v) is 7.36. The molecule has 0 aliphatic rings. The molecule has 4 rings (SSSR count). The normalized spacial score (nSPS) is 11.7. The summed E-state index contributed by atoms with van der Waals surface area (Å²) in [5.74, 6) is -0.389. The first kappa shape index (κ1) is 21.8. The van der Waals surface area contributed by atoms with E-state index in [1.54, 1.807) is 37.5 Å². The van der Waals surface area contributed by atoms with Crippen LogP contribution in [0.5, 0.6) is 0 Å². The SMILES string of the molecule is CC(C(=O)NCCn1nc(-c2ccccc2)ccc1=O)n1nc(-c2cccnc2)ccc1=O. The van der Waals surface area contributed by atoms with Crippen LogP contribution in [-0.4, -0.2) is 37.0 Å². The lowest BCUT2D eigenvalue weighted by Crippen LogP contribution is -2.39. The number of nitrogens with zero attached hydrogens (tertiary/aromatic N) is 5. The molecule has 0 bridgehead atoms. The van der Waals surface area contributed by atoms with Crippen molar-refractivity contribution < 1.29 is 4.79 Å². The summed E-state index contributed by atoms with van der Waals surface area (Å²) >= 11 is 0. The Morgan fingerprint density at radius 1 is 0.879 bits per heavy atom. The van der Waals surface area contributed by atoms with Gasteiger partial charge < -0.3 is 5.32 Å². The highest BCUT2D eigenvalue weighted by molar-refractivity contribution is 5.79. The quantitative estimate of drug-likeness (QED) is 0.468. The number of nitrogens with one attached hydrogen (secondary N) is 1. The van der Waals surface area contributed by atoms with Crippen LogP contribution in [0.2, 0.25) is 0 Å². The second-order valence-electron chi connectivity index (χ2n) is 7.36. The van der Waals surface area contributed by atoms with E-state index in [9.17, 15) is 14.4 Å². The summed E-state index contributed by atoms with van der Waals surface area (Å²) in [5.41, 5.74) is 2.18. The number of rotatable bonds is 7. The molecule has 3 heterocycles. The van der Waals surface area contributed by atoms with Gasteiger partial charge in [-0.15, -0.1) is 0 Å². The molecule has 9 nitrogen and oxygen atoms in total. The summed E-state index contributed by atoms with van der Waals surface area (Å²) in [6.07, 6.45) is 3.28. The van der Waals surface area contributed by atoms with Crippen molar-refractivity contribution in [1.82, 2.24) is 29.9 Å². The molecule has 0 fully saturated rings. The highest BCUT2D eigenvalue weighted by Gasteiger charge is 2.18. The van der Waals surface area contributed by atoms with Gasteiger partial charge in [-0.05, 0) is 31.2 Å². The molecule has 0 spiro atoms. The zero-order valence-corrected chi connectivity index (χ0v) is 18.0. The minimum atomic E-state index is -0.838. The topological polar surface area (TPSA) is 112 Å². The summed E-state index contributed by atoms with van der Waals surface area (Å²) in [6.45, 7) is 1.96. The number of amides is 1. The van der Waals surface area contributed by atoms with Crippen LogP contribution in [0.3, 0.4) is 0 Å². The number of aromatic nitrogens is 5. The zero-order valence-electron chi connectivity index (χ0n) is 18.0. The molecule has 1 atom stereocenters. The van der Waals surface area contributed by atoms with Crippen LogP contribution in [0, 0.1) is 0 Å². The fraction of sp³-hybridized carbons (Fsp3) is 0.167. The summed E-state index contributed by atoms with van der Waals surface area (Å²) in [7, 11) is 0. The molecule has 166 valence electrons. The van der Waals surface area contributed by atoms with Gasteiger partial charge in [0.2, 0.25) is 5.91 Å². The molecule has 1 N–H and O–H groups in total. The molecule has 1 unspecified atom stereocenters. The third-order valence-electron chi connectivity index (χ3n) is 5.09. The molecule has 1 aromatic carbocycles. The molecule has 4 aromatic rings. The van der Waals surface area contributed by atoms with Gasteiger partial charge in [-0.1, -0.05) is 30.3 Å². The summed E-state index contributed by atoms with van der Waals surface area (Å²) < 4.78 is 2.44. The van der Waals surface area contributed by atoms with Crippen molar-refractivity contribution in [2.75, 3.05) is 6.54 Å². The maximum Gasteiger partial charge on any atom is 0.267 e. The monoisotopic (exact) mass is 442 g/mol. The van der Waals surface area contributed by atoms with Crippen LogP contribution < -0.4 is 16.4 Å². The van der Waals surface area contributed by atoms with Crippen molar-refractivity contribution in [3.8, 4) is 22.5 Å². The first-order valence-corrected chi connectivity index (χ1v) is 10.4. The van der Waals surface area contributed by atoms with Crippen molar-refractivity contribution >= 4 is 5.91 Å². The standard InChI is InChI=1S/C24H22N6O3/c1-17(30-23(32)12-10-21(28-30)19-8-5-13-25-16-19)24(33)26-14-15-29-22(31)11-9-20(27-29)18-6-3-2-4-7-18/h2-13,16-17H,14-15H2,1H3,(H,26,33). The van der Waals surface area contributed by atoms with E-state index in [1.807, 2.05) is 36.4 Å². The Labute approximate surface area is 189 Å². The van der Waals surface area contributed by atoms with Gasteiger partial charge in [-0.25, -0.2) is 9.36 Å². The average molecular weight is 442 g/mol. The van der Waals surface area contributed by atoms with Crippen molar-refractivity contribution in [2.45, 2.75) is 19.5 Å². The maximum atomic E-state index is 12.7. The van der Waals surface area contributed by atoms with E-state index >= 15 is 0 Å². The van der Waals surface area contributed by atoms with Crippen LogP contribution in [-0.2, 0) is 11.3 Å². The van der Waals surface area contributed by atoms with Gasteiger partial charge in [0.05, 0.1) is 17.9 Å². The summed E-state index contributed by atoms with van der Waals surface area (Å²) in [4.78, 5) is 41.2. The molecular weight excluding hydrogens is 420 g/mol. The summed E-state index contributed by atoms with van der Waals surface area (Å²) in [6, 6.07) is 18.4. The Morgan fingerprint density at radius 2 is 1.58 bits per heavy atom. The van der Waals surface area contributed by atoms with E-state index in [-0.39, 0.29) is 24.6 Å². The molecule has 0 saturated carbocycles. The molecule has 0 saturated heterocycles. The molecule has 1 amide bonds. The third-order valence-corrected chi connectivity index (χ3v) is 5.09. The van der Waals surface area contributed by atoms with Crippen molar-refractivity contribution in [3.63, 3.8) is 0 Å². The van der Waals surface area contributed by atoms with E-state index in [1.165, 1.54) is 16.8 Å². The average Bonchev–Trinajstić information content (AvgIpc) is 2.86. The lowest BCUT2D eigenvalue weighted by Gasteiger charge is -2.15.